The van der Waals surface area contributed by atoms with E-state index >= 15 is 0 Å². The molecule has 144 valence electrons. The van der Waals surface area contributed by atoms with Crippen LogP contribution in [0.25, 0.3) is 16.8 Å². The van der Waals surface area contributed by atoms with Gasteiger partial charge in [-0.25, -0.2) is 5.01 Å². The van der Waals surface area contributed by atoms with Gasteiger partial charge in [-0.2, -0.15) is 0 Å². The Bertz CT molecular complexity index is 1160. The monoisotopic (exact) mass is 387 g/mol. The highest BCUT2D eigenvalue weighted by atomic mass is 16.5. The molecule has 4 rings (SSSR count). The molecule has 0 radical (unpaired) electrons. The number of carbonyl (C=O) groups is 3. The normalized spacial score (nSPS) is 15.0. The third kappa shape index (κ3) is 3.53. The van der Waals surface area contributed by atoms with Crippen LogP contribution in [0.3, 0.4) is 0 Å². The number of nitrogens with two attached hydrogens (primary N) is 1. The number of para-hydroxylation sites is 1. The van der Waals surface area contributed by atoms with Gasteiger partial charge in [0.1, 0.15) is 11.3 Å². The van der Waals surface area contributed by atoms with Crippen LogP contribution in [0.5, 0.6) is 5.75 Å². The Balaban J connectivity index is 1.80. The standard InChI is InChI=1S/C22H17N3O4/c23-20(26)13-29-19-11-10-14-6-4-5-9-16(14)17(19)12-18-21(27)24-25(22(18)28)15-7-2-1-3-8-15/h1-12H,13H2,(H2,23,26)(H,24,27). The van der Waals surface area contributed by atoms with Gasteiger partial charge in [-0.1, -0.05) is 48.5 Å². The maximum atomic E-state index is 12.9. The molecule has 3 aromatic carbocycles. The van der Waals surface area contributed by atoms with Crippen LogP contribution in [0.1, 0.15) is 5.56 Å². The van der Waals surface area contributed by atoms with E-state index in [2.05, 4.69) is 5.43 Å². The summed E-state index contributed by atoms with van der Waals surface area (Å²) >= 11 is 0. The number of rotatable bonds is 5. The first kappa shape index (κ1) is 18.2. The highest BCUT2D eigenvalue weighted by Gasteiger charge is 2.34. The quantitative estimate of drug-likeness (QED) is 0.517. The number of hydrogen-bond donors (Lipinski definition) is 2. The van der Waals surface area contributed by atoms with Crippen LogP contribution in [-0.2, 0) is 14.4 Å². The molecular formula is C22H17N3O4. The van der Waals surface area contributed by atoms with Gasteiger partial charge in [-0.05, 0) is 35.0 Å². The molecule has 29 heavy (non-hydrogen) atoms. The van der Waals surface area contributed by atoms with Gasteiger partial charge in [-0.15, -0.1) is 0 Å². The van der Waals surface area contributed by atoms with E-state index in [9.17, 15) is 14.4 Å². The number of hydrogen-bond acceptors (Lipinski definition) is 4. The summed E-state index contributed by atoms with van der Waals surface area (Å²) in [5, 5.41) is 2.88. The molecule has 1 saturated heterocycles. The molecule has 0 atom stereocenters. The first-order chi connectivity index (χ1) is 14.0. The number of nitrogens with one attached hydrogen (secondary N) is 1. The number of carbonyl (C=O) groups excluding carboxylic acids is 3. The second kappa shape index (κ2) is 7.47. The minimum atomic E-state index is -0.623. The van der Waals surface area contributed by atoms with E-state index in [-0.39, 0.29) is 12.2 Å². The Morgan fingerprint density at radius 3 is 2.48 bits per heavy atom. The molecule has 3 N–H and O–H groups in total. The lowest BCUT2D eigenvalue weighted by Gasteiger charge is -2.14. The lowest BCUT2D eigenvalue weighted by atomic mass is 10.0. The van der Waals surface area contributed by atoms with Gasteiger partial charge in [-0.3, -0.25) is 19.8 Å². The molecule has 1 aliphatic rings. The van der Waals surface area contributed by atoms with E-state index in [0.29, 0.717) is 17.0 Å². The molecule has 0 spiro atoms. The van der Waals surface area contributed by atoms with Crippen molar-refractivity contribution in [1.82, 2.24) is 5.43 Å². The number of benzene rings is 3. The molecule has 1 aliphatic heterocycles. The van der Waals surface area contributed by atoms with E-state index in [0.717, 1.165) is 10.8 Å². The van der Waals surface area contributed by atoms with Crippen LogP contribution in [0.4, 0.5) is 5.69 Å². The molecule has 0 unspecified atom stereocenters. The predicted octanol–water partition coefficient (Wildman–Crippen LogP) is 2.17. The summed E-state index contributed by atoms with van der Waals surface area (Å²) in [5.74, 6) is -1.27. The van der Waals surface area contributed by atoms with Crippen LogP contribution < -0.4 is 20.9 Å². The summed E-state index contributed by atoms with van der Waals surface area (Å²) in [7, 11) is 0. The Kier molecular flexibility index (Phi) is 4.70. The average molecular weight is 387 g/mol. The van der Waals surface area contributed by atoms with Crippen molar-refractivity contribution in [3.63, 3.8) is 0 Å². The first-order valence-electron chi connectivity index (χ1n) is 8.89. The summed E-state index contributed by atoms with van der Waals surface area (Å²) in [6.45, 7) is -0.315. The van der Waals surface area contributed by atoms with E-state index < -0.39 is 17.7 Å². The minimum Gasteiger partial charge on any atom is -0.483 e. The van der Waals surface area contributed by atoms with Gasteiger partial charge in [0.25, 0.3) is 17.7 Å². The molecule has 0 bridgehead atoms. The molecule has 7 nitrogen and oxygen atoms in total. The SMILES string of the molecule is NC(=O)COc1ccc2ccccc2c1C=C1C(=O)NN(c2ccccc2)C1=O. The second-order valence-electron chi connectivity index (χ2n) is 6.43. The average Bonchev–Trinajstić information content (AvgIpc) is 3.02. The smallest absolute Gasteiger partial charge is 0.282 e. The number of fused-ring (bicyclic) bond motifs is 1. The maximum absolute atomic E-state index is 12.9. The summed E-state index contributed by atoms with van der Waals surface area (Å²) < 4.78 is 5.52. The lowest BCUT2D eigenvalue weighted by Crippen LogP contribution is -2.35. The third-order valence-corrected chi connectivity index (χ3v) is 4.50. The zero-order valence-corrected chi connectivity index (χ0v) is 15.3. The van der Waals surface area contributed by atoms with Gasteiger partial charge in [0.15, 0.2) is 6.61 Å². The zero-order chi connectivity index (χ0) is 20.4. The van der Waals surface area contributed by atoms with Gasteiger partial charge in [0, 0.05) is 5.56 Å². The Morgan fingerprint density at radius 2 is 1.72 bits per heavy atom. The van der Waals surface area contributed by atoms with Gasteiger partial charge < -0.3 is 10.5 Å². The fraction of sp³-hybridized carbons (Fsp3) is 0.0455. The number of primary amides is 1. The second-order valence-corrected chi connectivity index (χ2v) is 6.43. The first-order valence-corrected chi connectivity index (χ1v) is 8.89. The van der Waals surface area contributed by atoms with Crippen molar-refractivity contribution in [2.45, 2.75) is 0 Å². The number of anilines is 1. The highest BCUT2D eigenvalue weighted by molar-refractivity contribution is 6.32. The van der Waals surface area contributed by atoms with E-state index in [1.54, 1.807) is 30.3 Å². The number of hydrazine groups is 1. The Hall–Kier alpha value is -4.13. The number of ether oxygens (including phenoxy) is 1. The lowest BCUT2D eigenvalue weighted by molar-refractivity contribution is -0.120. The van der Waals surface area contributed by atoms with E-state index in [4.69, 9.17) is 10.5 Å². The summed E-state index contributed by atoms with van der Waals surface area (Å²) in [6.07, 6.45) is 1.49. The Labute approximate surface area is 166 Å². The van der Waals surface area contributed by atoms with Crippen LogP contribution in [-0.4, -0.2) is 24.3 Å². The van der Waals surface area contributed by atoms with Crippen molar-refractivity contribution in [1.29, 1.82) is 0 Å². The van der Waals surface area contributed by atoms with Crippen molar-refractivity contribution in [2.24, 2.45) is 5.73 Å². The van der Waals surface area contributed by atoms with Gasteiger partial charge in [0.2, 0.25) is 0 Å². The van der Waals surface area contributed by atoms with Crippen molar-refractivity contribution < 1.29 is 19.1 Å². The summed E-state index contributed by atoms with van der Waals surface area (Å²) in [5.41, 5.74) is 8.80. The van der Waals surface area contributed by atoms with Gasteiger partial charge >= 0.3 is 0 Å². The number of amides is 3. The van der Waals surface area contributed by atoms with Crippen molar-refractivity contribution >= 4 is 40.3 Å². The van der Waals surface area contributed by atoms with E-state index in [1.807, 2.05) is 36.4 Å². The molecular weight excluding hydrogens is 370 g/mol. The topological polar surface area (TPSA) is 102 Å². The zero-order valence-electron chi connectivity index (χ0n) is 15.3. The molecule has 1 heterocycles. The van der Waals surface area contributed by atoms with E-state index in [1.165, 1.54) is 11.1 Å². The molecule has 0 aromatic heterocycles. The molecule has 0 saturated carbocycles. The minimum absolute atomic E-state index is 0.0332. The van der Waals surface area contributed by atoms with Gasteiger partial charge in [0.05, 0.1) is 5.69 Å². The molecule has 7 heteroatoms. The van der Waals surface area contributed by atoms with Crippen molar-refractivity contribution in [2.75, 3.05) is 11.6 Å². The van der Waals surface area contributed by atoms with Crippen LogP contribution >= 0.6 is 0 Å². The molecule has 1 fully saturated rings. The Morgan fingerprint density at radius 1 is 1.00 bits per heavy atom. The maximum Gasteiger partial charge on any atom is 0.282 e. The van der Waals surface area contributed by atoms with Crippen LogP contribution in [0.15, 0.2) is 72.3 Å². The largest absolute Gasteiger partial charge is 0.483 e. The highest BCUT2D eigenvalue weighted by Crippen LogP contribution is 2.32. The van der Waals surface area contributed by atoms with Crippen molar-refractivity contribution in [3.05, 3.63) is 77.9 Å². The summed E-state index contributed by atoms with van der Waals surface area (Å²) in [4.78, 5) is 36.6. The van der Waals surface area contributed by atoms with Crippen LogP contribution in [0, 0.1) is 0 Å². The fourth-order valence-electron chi connectivity index (χ4n) is 3.16. The molecule has 3 aromatic rings. The fourth-order valence-corrected chi connectivity index (χ4v) is 3.16. The summed E-state index contributed by atoms with van der Waals surface area (Å²) in [6, 6.07) is 19.8. The van der Waals surface area contributed by atoms with Crippen LogP contribution in [0.2, 0.25) is 0 Å². The molecule has 0 aliphatic carbocycles. The third-order valence-electron chi connectivity index (χ3n) is 4.50. The number of nitrogens with zero attached hydrogens (tertiary/aromatic N) is 1. The molecule has 3 amide bonds. The predicted molar refractivity (Wildman–Crippen MR) is 109 cm³/mol. The van der Waals surface area contributed by atoms with Crippen molar-refractivity contribution in [3.8, 4) is 5.75 Å².